The van der Waals surface area contributed by atoms with Crippen molar-refractivity contribution in [3.8, 4) is 0 Å². The lowest BCUT2D eigenvalue weighted by atomic mass is 10.2. The molecule has 0 aromatic heterocycles. The Kier molecular flexibility index (Phi) is 6.18. The largest absolute Gasteiger partial charge is 0.469 e. The molecule has 0 aromatic rings. The molecule has 0 atom stereocenters. The summed E-state index contributed by atoms with van der Waals surface area (Å²) >= 11 is 0. The summed E-state index contributed by atoms with van der Waals surface area (Å²) < 4.78 is 4.48. The smallest absolute Gasteiger partial charge is 0.305 e. The number of carbonyl (C=O) groups excluding carboxylic acids is 1. The lowest BCUT2D eigenvalue weighted by Gasteiger charge is -1.96. The summed E-state index contributed by atoms with van der Waals surface area (Å²) in [5.74, 6) is -0.107. The molecule has 0 bridgehead atoms. The van der Waals surface area contributed by atoms with Gasteiger partial charge in [0.2, 0.25) is 0 Å². The lowest BCUT2D eigenvalue weighted by molar-refractivity contribution is -0.368. The van der Waals surface area contributed by atoms with Gasteiger partial charge in [-0.05, 0) is 19.3 Å². The van der Waals surface area contributed by atoms with E-state index in [-0.39, 0.29) is 5.97 Å². The Bertz CT molecular complexity index is 93.6. The SMILES string of the molecule is COC(=O)CCCCC[NH3+]. The van der Waals surface area contributed by atoms with Crippen LogP contribution < -0.4 is 5.73 Å². The fourth-order valence-corrected chi connectivity index (χ4v) is 0.725. The Labute approximate surface area is 61.5 Å². The van der Waals surface area contributed by atoms with Crippen molar-refractivity contribution < 1.29 is 15.3 Å². The highest BCUT2D eigenvalue weighted by atomic mass is 16.5. The normalized spacial score (nSPS) is 9.40. The number of ether oxygens (including phenoxy) is 1. The van der Waals surface area contributed by atoms with Crippen molar-refractivity contribution in [2.75, 3.05) is 13.7 Å². The predicted octanol–water partition coefficient (Wildman–Crippen LogP) is -0.0383. The van der Waals surface area contributed by atoms with Crippen LogP contribution in [0.1, 0.15) is 25.7 Å². The van der Waals surface area contributed by atoms with E-state index in [0.717, 1.165) is 25.8 Å². The van der Waals surface area contributed by atoms with Gasteiger partial charge in [0.15, 0.2) is 0 Å². The zero-order valence-electron chi connectivity index (χ0n) is 6.56. The average molecular weight is 146 g/mol. The van der Waals surface area contributed by atoms with Crippen LogP contribution in [0.25, 0.3) is 0 Å². The van der Waals surface area contributed by atoms with E-state index in [1.165, 1.54) is 7.11 Å². The third-order valence-electron chi connectivity index (χ3n) is 1.36. The molecule has 10 heavy (non-hydrogen) atoms. The van der Waals surface area contributed by atoms with Gasteiger partial charge >= 0.3 is 5.97 Å². The topological polar surface area (TPSA) is 53.9 Å². The van der Waals surface area contributed by atoms with E-state index in [9.17, 15) is 4.79 Å². The van der Waals surface area contributed by atoms with Crippen LogP contribution in [-0.4, -0.2) is 19.6 Å². The summed E-state index contributed by atoms with van der Waals surface area (Å²) in [5.41, 5.74) is 3.71. The molecule has 0 amide bonds. The standard InChI is InChI=1S/C7H15NO2/c1-10-7(9)5-3-2-4-6-8/h2-6,8H2,1H3/p+1. The zero-order chi connectivity index (χ0) is 7.82. The fourth-order valence-electron chi connectivity index (χ4n) is 0.725. The van der Waals surface area contributed by atoms with Gasteiger partial charge in [-0.1, -0.05) is 0 Å². The number of methoxy groups -OCH3 is 1. The van der Waals surface area contributed by atoms with Crippen molar-refractivity contribution in [3.05, 3.63) is 0 Å². The molecule has 60 valence electrons. The molecule has 0 fully saturated rings. The highest BCUT2D eigenvalue weighted by Crippen LogP contribution is 1.98. The molecule has 3 nitrogen and oxygen atoms in total. The van der Waals surface area contributed by atoms with E-state index < -0.39 is 0 Å². The minimum atomic E-state index is -0.107. The molecule has 0 radical (unpaired) electrons. The molecule has 3 heteroatoms. The van der Waals surface area contributed by atoms with Crippen molar-refractivity contribution in [3.63, 3.8) is 0 Å². The summed E-state index contributed by atoms with van der Waals surface area (Å²) in [6, 6.07) is 0. The fraction of sp³-hybridized carbons (Fsp3) is 0.857. The van der Waals surface area contributed by atoms with Crippen molar-refractivity contribution in [1.29, 1.82) is 0 Å². The van der Waals surface area contributed by atoms with Gasteiger partial charge in [0.25, 0.3) is 0 Å². The van der Waals surface area contributed by atoms with Crippen LogP contribution in [0.5, 0.6) is 0 Å². The number of quaternary nitrogens is 1. The molecule has 0 aliphatic carbocycles. The molecular formula is C7H16NO2+. The Hall–Kier alpha value is -0.570. The number of hydrogen-bond acceptors (Lipinski definition) is 2. The van der Waals surface area contributed by atoms with Gasteiger partial charge < -0.3 is 10.5 Å². The Morgan fingerprint density at radius 3 is 2.60 bits per heavy atom. The first-order valence-corrected chi connectivity index (χ1v) is 3.67. The zero-order valence-corrected chi connectivity index (χ0v) is 6.56. The lowest BCUT2D eigenvalue weighted by Crippen LogP contribution is -2.50. The predicted molar refractivity (Wildman–Crippen MR) is 38.2 cm³/mol. The van der Waals surface area contributed by atoms with Gasteiger partial charge in [0.05, 0.1) is 13.7 Å². The quantitative estimate of drug-likeness (QED) is 0.437. The number of esters is 1. The second kappa shape index (κ2) is 6.55. The third kappa shape index (κ3) is 5.56. The summed E-state index contributed by atoms with van der Waals surface area (Å²) in [5, 5.41) is 0. The van der Waals surface area contributed by atoms with E-state index in [4.69, 9.17) is 0 Å². The number of rotatable bonds is 5. The second-order valence-corrected chi connectivity index (χ2v) is 2.24. The third-order valence-corrected chi connectivity index (χ3v) is 1.36. The van der Waals surface area contributed by atoms with Crippen LogP contribution in [0.15, 0.2) is 0 Å². The Morgan fingerprint density at radius 1 is 1.40 bits per heavy atom. The van der Waals surface area contributed by atoms with Crippen LogP contribution in [0.4, 0.5) is 0 Å². The van der Waals surface area contributed by atoms with E-state index >= 15 is 0 Å². The van der Waals surface area contributed by atoms with Crippen molar-refractivity contribution in [2.45, 2.75) is 25.7 Å². The Morgan fingerprint density at radius 2 is 2.10 bits per heavy atom. The maximum Gasteiger partial charge on any atom is 0.305 e. The molecule has 0 aliphatic rings. The minimum Gasteiger partial charge on any atom is -0.469 e. The molecule has 0 aliphatic heterocycles. The van der Waals surface area contributed by atoms with Crippen molar-refractivity contribution in [2.24, 2.45) is 0 Å². The van der Waals surface area contributed by atoms with E-state index in [0.29, 0.717) is 6.42 Å². The molecular weight excluding hydrogens is 130 g/mol. The highest BCUT2D eigenvalue weighted by Gasteiger charge is 1.97. The van der Waals surface area contributed by atoms with Gasteiger partial charge in [-0.25, -0.2) is 0 Å². The summed E-state index contributed by atoms with van der Waals surface area (Å²) in [4.78, 5) is 10.5. The molecule has 0 spiro atoms. The van der Waals surface area contributed by atoms with Crippen LogP contribution in [-0.2, 0) is 9.53 Å². The minimum absolute atomic E-state index is 0.107. The maximum atomic E-state index is 10.5. The molecule has 0 aromatic carbocycles. The van der Waals surface area contributed by atoms with Crippen molar-refractivity contribution >= 4 is 5.97 Å². The average Bonchev–Trinajstić information content (AvgIpc) is 1.98. The molecule has 0 heterocycles. The highest BCUT2D eigenvalue weighted by molar-refractivity contribution is 5.68. The first-order valence-electron chi connectivity index (χ1n) is 3.67. The second-order valence-electron chi connectivity index (χ2n) is 2.24. The summed E-state index contributed by atoms with van der Waals surface area (Å²) in [6.45, 7) is 0.959. The van der Waals surface area contributed by atoms with Crippen LogP contribution >= 0.6 is 0 Å². The van der Waals surface area contributed by atoms with Gasteiger partial charge in [-0.3, -0.25) is 4.79 Å². The first-order chi connectivity index (χ1) is 4.81. The number of unbranched alkanes of at least 4 members (excludes halogenated alkanes) is 2. The molecule has 0 saturated heterocycles. The maximum absolute atomic E-state index is 10.5. The molecule has 0 saturated carbocycles. The van der Waals surface area contributed by atoms with Crippen LogP contribution in [0, 0.1) is 0 Å². The van der Waals surface area contributed by atoms with Gasteiger partial charge in [-0.15, -0.1) is 0 Å². The summed E-state index contributed by atoms with van der Waals surface area (Å²) in [7, 11) is 1.42. The first kappa shape index (κ1) is 9.43. The van der Waals surface area contributed by atoms with E-state index in [2.05, 4.69) is 10.5 Å². The van der Waals surface area contributed by atoms with E-state index in [1.54, 1.807) is 0 Å². The number of carbonyl (C=O) groups is 1. The van der Waals surface area contributed by atoms with Gasteiger partial charge in [-0.2, -0.15) is 0 Å². The van der Waals surface area contributed by atoms with Crippen LogP contribution in [0.2, 0.25) is 0 Å². The summed E-state index contributed by atoms with van der Waals surface area (Å²) in [6.07, 6.45) is 3.67. The number of hydrogen-bond donors (Lipinski definition) is 1. The molecule has 0 rings (SSSR count). The van der Waals surface area contributed by atoms with E-state index in [1.807, 2.05) is 0 Å². The molecule has 3 N–H and O–H groups in total. The van der Waals surface area contributed by atoms with Gasteiger partial charge in [0.1, 0.15) is 0 Å². The monoisotopic (exact) mass is 146 g/mol. The molecule has 0 unspecified atom stereocenters. The van der Waals surface area contributed by atoms with Gasteiger partial charge in [0, 0.05) is 6.42 Å². The van der Waals surface area contributed by atoms with Crippen LogP contribution in [0.3, 0.4) is 0 Å². The van der Waals surface area contributed by atoms with Crippen molar-refractivity contribution in [1.82, 2.24) is 0 Å². The Balaban J connectivity index is 2.96.